The highest BCUT2D eigenvalue weighted by Gasteiger charge is 2.14. The average Bonchev–Trinajstić information content (AvgIpc) is 2.78. The van der Waals surface area contributed by atoms with Crippen LogP contribution in [0.15, 0.2) is 29.0 Å². The molecule has 0 unspecified atom stereocenters. The summed E-state index contributed by atoms with van der Waals surface area (Å²) in [6.45, 7) is 3.01. The van der Waals surface area contributed by atoms with Crippen molar-refractivity contribution in [2.45, 2.75) is 20.0 Å². The normalized spacial score (nSPS) is 10.3. The van der Waals surface area contributed by atoms with Gasteiger partial charge in [-0.3, -0.25) is 9.48 Å². The van der Waals surface area contributed by atoms with Crippen LogP contribution in [0.5, 0.6) is 0 Å². The molecule has 2 rings (SSSR count). The van der Waals surface area contributed by atoms with Gasteiger partial charge in [0, 0.05) is 18.9 Å². The number of halogens is 1. The van der Waals surface area contributed by atoms with Gasteiger partial charge in [0.05, 0.1) is 16.7 Å². The van der Waals surface area contributed by atoms with Crippen molar-refractivity contribution in [3.05, 3.63) is 40.4 Å². The Balaban J connectivity index is 2.01. The van der Waals surface area contributed by atoms with Crippen LogP contribution in [0.3, 0.4) is 0 Å². The molecule has 0 atom stereocenters. The van der Waals surface area contributed by atoms with Crippen LogP contribution in [-0.2, 0) is 13.1 Å². The fourth-order valence-corrected chi connectivity index (χ4v) is 1.89. The Morgan fingerprint density at radius 2 is 2.39 bits per heavy atom. The summed E-state index contributed by atoms with van der Waals surface area (Å²) in [5.41, 5.74) is 1.08. The first-order valence-electron chi connectivity index (χ1n) is 5.48. The number of amides is 1. The van der Waals surface area contributed by atoms with Crippen molar-refractivity contribution >= 4 is 21.8 Å². The Kier molecular flexibility index (Phi) is 4.03. The summed E-state index contributed by atoms with van der Waals surface area (Å²) in [7, 11) is 0. The highest BCUT2D eigenvalue weighted by molar-refractivity contribution is 9.10. The number of nitrogens with zero attached hydrogens (tertiary/aromatic N) is 4. The van der Waals surface area contributed by atoms with Crippen LogP contribution >= 0.6 is 15.9 Å². The van der Waals surface area contributed by atoms with Crippen LogP contribution in [0.2, 0.25) is 0 Å². The Bertz CT molecular complexity index is 540. The minimum absolute atomic E-state index is 0.236. The van der Waals surface area contributed by atoms with Gasteiger partial charge in [-0.05, 0) is 35.0 Å². The Hall–Kier alpha value is -1.76. The molecular formula is C11H12BrN5O. The first kappa shape index (κ1) is 12.7. The van der Waals surface area contributed by atoms with Gasteiger partial charge < -0.3 is 5.32 Å². The van der Waals surface area contributed by atoms with Gasteiger partial charge in [-0.1, -0.05) is 0 Å². The first-order valence-corrected chi connectivity index (χ1v) is 6.27. The van der Waals surface area contributed by atoms with E-state index in [1.807, 2.05) is 6.92 Å². The largest absolute Gasteiger partial charge is 0.345 e. The molecule has 0 saturated heterocycles. The van der Waals surface area contributed by atoms with Crippen molar-refractivity contribution in [3.63, 3.8) is 0 Å². The third-order valence-electron chi connectivity index (χ3n) is 2.31. The second-order valence-electron chi connectivity index (χ2n) is 3.58. The van der Waals surface area contributed by atoms with Crippen molar-refractivity contribution in [3.8, 4) is 0 Å². The lowest BCUT2D eigenvalue weighted by Crippen LogP contribution is -2.24. The maximum atomic E-state index is 11.9. The summed E-state index contributed by atoms with van der Waals surface area (Å²) in [5, 5.41) is 14.5. The smallest absolute Gasteiger partial charge is 0.273 e. The zero-order valence-electron chi connectivity index (χ0n) is 9.80. The van der Waals surface area contributed by atoms with Gasteiger partial charge in [-0.25, -0.2) is 0 Å². The van der Waals surface area contributed by atoms with E-state index in [0.717, 1.165) is 6.54 Å². The Labute approximate surface area is 113 Å². The van der Waals surface area contributed by atoms with E-state index in [1.165, 1.54) is 0 Å². The van der Waals surface area contributed by atoms with Gasteiger partial charge in [0.1, 0.15) is 0 Å². The van der Waals surface area contributed by atoms with Crippen LogP contribution in [0.25, 0.3) is 0 Å². The van der Waals surface area contributed by atoms with E-state index in [2.05, 4.69) is 36.5 Å². The predicted octanol–water partition coefficient (Wildman–Crippen LogP) is 1.39. The second-order valence-corrected chi connectivity index (χ2v) is 4.43. The molecule has 2 aromatic heterocycles. The quantitative estimate of drug-likeness (QED) is 0.926. The minimum Gasteiger partial charge on any atom is -0.345 e. The maximum Gasteiger partial charge on any atom is 0.273 e. The Morgan fingerprint density at radius 3 is 3.00 bits per heavy atom. The minimum atomic E-state index is -0.236. The number of carbonyl (C=O) groups excluding carboxylic acids is 1. The number of aromatic nitrogens is 4. The summed E-state index contributed by atoms with van der Waals surface area (Å²) in [6, 6.07) is 3.57. The van der Waals surface area contributed by atoms with E-state index in [0.29, 0.717) is 22.4 Å². The van der Waals surface area contributed by atoms with Crippen molar-refractivity contribution < 1.29 is 4.79 Å². The molecule has 0 aliphatic rings. The highest BCUT2D eigenvalue weighted by atomic mass is 79.9. The van der Waals surface area contributed by atoms with Crippen LogP contribution < -0.4 is 5.32 Å². The van der Waals surface area contributed by atoms with Crippen LogP contribution in [0, 0.1) is 0 Å². The molecule has 0 saturated carbocycles. The molecule has 18 heavy (non-hydrogen) atoms. The molecule has 1 N–H and O–H groups in total. The van der Waals surface area contributed by atoms with Gasteiger partial charge in [0.15, 0.2) is 5.69 Å². The third-order valence-corrected chi connectivity index (χ3v) is 2.89. The molecule has 7 heteroatoms. The number of hydrogen-bond acceptors (Lipinski definition) is 4. The third kappa shape index (κ3) is 2.92. The predicted molar refractivity (Wildman–Crippen MR) is 68.8 cm³/mol. The molecule has 0 bridgehead atoms. The lowest BCUT2D eigenvalue weighted by atomic mass is 10.3. The lowest BCUT2D eigenvalue weighted by Gasteiger charge is -2.02. The van der Waals surface area contributed by atoms with Crippen LogP contribution in [0.1, 0.15) is 23.1 Å². The Morgan fingerprint density at radius 1 is 1.56 bits per heavy atom. The molecule has 1 amide bonds. The lowest BCUT2D eigenvalue weighted by molar-refractivity contribution is 0.0943. The van der Waals surface area contributed by atoms with E-state index in [4.69, 9.17) is 0 Å². The number of nitrogens with one attached hydrogen (secondary N) is 1. The van der Waals surface area contributed by atoms with Crippen molar-refractivity contribution in [1.82, 2.24) is 25.3 Å². The molecule has 0 radical (unpaired) electrons. The zero-order chi connectivity index (χ0) is 13.0. The van der Waals surface area contributed by atoms with Crippen LogP contribution in [-0.4, -0.2) is 25.9 Å². The molecule has 0 aliphatic heterocycles. The molecular weight excluding hydrogens is 298 g/mol. The summed E-state index contributed by atoms with van der Waals surface area (Å²) in [4.78, 5) is 11.9. The van der Waals surface area contributed by atoms with E-state index in [-0.39, 0.29) is 5.91 Å². The molecule has 0 spiro atoms. The number of aryl methyl sites for hydroxylation is 1. The molecule has 6 nitrogen and oxygen atoms in total. The molecule has 0 aromatic carbocycles. The van der Waals surface area contributed by atoms with E-state index >= 15 is 0 Å². The average molecular weight is 310 g/mol. The van der Waals surface area contributed by atoms with Crippen molar-refractivity contribution in [1.29, 1.82) is 0 Å². The SMILES string of the molecule is CCn1cc(Br)c(C(=O)NCc2cccnn2)n1. The molecule has 2 aromatic rings. The molecule has 0 fully saturated rings. The zero-order valence-corrected chi connectivity index (χ0v) is 11.4. The van der Waals surface area contributed by atoms with Crippen LogP contribution in [0.4, 0.5) is 0 Å². The van der Waals surface area contributed by atoms with Gasteiger partial charge in [0.2, 0.25) is 0 Å². The van der Waals surface area contributed by atoms with E-state index < -0.39 is 0 Å². The molecule has 2 heterocycles. The fraction of sp³-hybridized carbons (Fsp3) is 0.273. The fourth-order valence-electron chi connectivity index (χ4n) is 1.40. The van der Waals surface area contributed by atoms with Crippen molar-refractivity contribution in [2.75, 3.05) is 0 Å². The summed E-state index contributed by atoms with van der Waals surface area (Å²) in [5.74, 6) is -0.236. The van der Waals surface area contributed by atoms with E-state index in [1.54, 1.807) is 29.2 Å². The molecule has 0 aliphatic carbocycles. The summed E-state index contributed by atoms with van der Waals surface area (Å²) >= 11 is 3.31. The number of hydrogen-bond donors (Lipinski definition) is 1. The van der Waals surface area contributed by atoms with E-state index in [9.17, 15) is 4.79 Å². The second kappa shape index (κ2) is 5.72. The summed E-state index contributed by atoms with van der Waals surface area (Å²) < 4.78 is 2.38. The van der Waals surface area contributed by atoms with Gasteiger partial charge in [0.25, 0.3) is 5.91 Å². The standard InChI is InChI=1S/C11H12BrN5O/c1-2-17-7-9(12)10(16-17)11(18)13-6-8-4-3-5-14-15-8/h3-5,7H,2,6H2,1H3,(H,13,18). The summed E-state index contributed by atoms with van der Waals surface area (Å²) in [6.07, 6.45) is 3.36. The van der Waals surface area contributed by atoms with Gasteiger partial charge in [-0.2, -0.15) is 15.3 Å². The highest BCUT2D eigenvalue weighted by Crippen LogP contribution is 2.14. The topological polar surface area (TPSA) is 72.7 Å². The van der Waals surface area contributed by atoms with Crippen molar-refractivity contribution in [2.24, 2.45) is 0 Å². The number of carbonyl (C=O) groups is 1. The van der Waals surface area contributed by atoms with Gasteiger partial charge >= 0.3 is 0 Å². The number of rotatable bonds is 4. The molecule has 94 valence electrons. The van der Waals surface area contributed by atoms with Gasteiger partial charge in [-0.15, -0.1) is 0 Å². The monoisotopic (exact) mass is 309 g/mol. The first-order chi connectivity index (χ1) is 8.70. The maximum absolute atomic E-state index is 11.9.